The molecule has 2 heteroatoms. The third-order valence-electron chi connectivity index (χ3n) is 1.87. The average molecular weight is 194 g/mol. The van der Waals surface area contributed by atoms with Crippen LogP contribution in [0.5, 0.6) is 0 Å². The van der Waals surface area contributed by atoms with Gasteiger partial charge < -0.3 is 5.48 Å². The molecule has 2 N–H and O–H groups in total. The Labute approximate surface area is 83.0 Å². The lowest BCUT2D eigenvalue weighted by molar-refractivity contribution is 0.208. The van der Waals surface area contributed by atoms with Gasteiger partial charge in [0, 0.05) is 0 Å². The van der Waals surface area contributed by atoms with Crippen LogP contribution >= 0.6 is 0 Å². The summed E-state index contributed by atoms with van der Waals surface area (Å²) in [5.74, 6) is 0.638. The maximum Gasteiger partial charge on any atom is 0.100 e. The van der Waals surface area contributed by atoms with Crippen LogP contribution in [0.3, 0.4) is 0 Å². The Balaban J connectivity index is -0.000000178. The fourth-order valence-corrected chi connectivity index (χ4v) is 1.36. The van der Waals surface area contributed by atoms with Gasteiger partial charge in [-0.1, -0.05) is 47.5 Å². The van der Waals surface area contributed by atoms with Gasteiger partial charge in [-0.3, -0.25) is 0 Å². The van der Waals surface area contributed by atoms with Crippen LogP contribution in [-0.4, -0.2) is 11.6 Å². The minimum atomic E-state index is -0.487. The lowest BCUT2D eigenvalue weighted by Gasteiger charge is -2.20. The van der Waals surface area contributed by atoms with Crippen molar-refractivity contribution >= 4 is 0 Å². The van der Waals surface area contributed by atoms with Crippen molar-refractivity contribution in [2.45, 2.75) is 66.5 Å². The van der Waals surface area contributed by atoms with E-state index >= 15 is 0 Å². The monoisotopic (exact) mass is 194 g/mol. The minimum absolute atomic E-state index is 0. The van der Waals surface area contributed by atoms with Gasteiger partial charge >= 0.3 is 0 Å². The number of alkyl halides is 1. The van der Waals surface area contributed by atoms with E-state index in [1.165, 1.54) is 6.42 Å². The van der Waals surface area contributed by atoms with Gasteiger partial charge in [0.05, 0.1) is 0 Å². The summed E-state index contributed by atoms with van der Waals surface area (Å²) in [6.45, 7) is 10.1. The standard InChI is InChI=1S/C7H13F.2C2H6.H2O/c1-6-3-2-4-7(8)5-6;2*1-2;/h6-7H,2-5H2,1H3;2*1-2H3;1H2/t6-,7?;;;/m1.../s1. The van der Waals surface area contributed by atoms with Gasteiger partial charge in [0.2, 0.25) is 0 Å². The van der Waals surface area contributed by atoms with Gasteiger partial charge in [-0.25, -0.2) is 4.39 Å². The topological polar surface area (TPSA) is 31.5 Å². The van der Waals surface area contributed by atoms with Crippen LogP contribution in [0, 0.1) is 5.92 Å². The highest BCUT2D eigenvalue weighted by Crippen LogP contribution is 2.25. The van der Waals surface area contributed by atoms with Crippen LogP contribution in [0.15, 0.2) is 0 Å². The second-order valence-corrected chi connectivity index (χ2v) is 2.87. The number of hydrogen-bond acceptors (Lipinski definition) is 0. The zero-order chi connectivity index (χ0) is 9.98. The summed E-state index contributed by atoms with van der Waals surface area (Å²) in [5.41, 5.74) is 0. The quantitative estimate of drug-likeness (QED) is 0.562. The predicted molar refractivity (Wildman–Crippen MR) is 58.8 cm³/mol. The summed E-state index contributed by atoms with van der Waals surface area (Å²) in [5, 5.41) is 0. The molecule has 1 saturated carbocycles. The van der Waals surface area contributed by atoms with E-state index in [1.54, 1.807) is 0 Å². The third kappa shape index (κ3) is 11.9. The first kappa shape index (κ1) is 18.6. The van der Waals surface area contributed by atoms with Gasteiger partial charge in [0.25, 0.3) is 0 Å². The van der Waals surface area contributed by atoms with Gasteiger partial charge in [0.15, 0.2) is 0 Å². The molecule has 13 heavy (non-hydrogen) atoms. The molecule has 0 aromatic rings. The molecule has 1 rings (SSSR count). The summed E-state index contributed by atoms with van der Waals surface area (Å²) < 4.78 is 12.4. The van der Waals surface area contributed by atoms with Gasteiger partial charge in [-0.05, 0) is 18.8 Å². The van der Waals surface area contributed by atoms with E-state index in [2.05, 4.69) is 6.92 Å². The summed E-state index contributed by atoms with van der Waals surface area (Å²) in [6, 6.07) is 0. The Morgan fingerprint density at radius 1 is 1.00 bits per heavy atom. The van der Waals surface area contributed by atoms with E-state index < -0.39 is 6.17 Å². The molecule has 0 saturated heterocycles. The van der Waals surface area contributed by atoms with Gasteiger partial charge in [-0.15, -0.1) is 0 Å². The van der Waals surface area contributed by atoms with Crippen LogP contribution < -0.4 is 0 Å². The molecule has 84 valence electrons. The molecule has 0 aliphatic heterocycles. The summed E-state index contributed by atoms with van der Waals surface area (Å²) in [4.78, 5) is 0. The lowest BCUT2D eigenvalue weighted by atomic mass is 9.90. The molecular weight excluding hydrogens is 167 g/mol. The molecule has 0 heterocycles. The second-order valence-electron chi connectivity index (χ2n) is 2.87. The smallest absolute Gasteiger partial charge is 0.100 e. The molecule has 0 spiro atoms. The molecular formula is C11H27FO. The molecule has 0 radical (unpaired) electrons. The number of rotatable bonds is 0. The molecule has 0 aromatic carbocycles. The van der Waals surface area contributed by atoms with Gasteiger partial charge in [-0.2, -0.15) is 0 Å². The zero-order valence-corrected chi connectivity index (χ0v) is 9.86. The van der Waals surface area contributed by atoms with Crippen LogP contribution in [0.2, 0.25) is 0 Å². The highest BCUT2D eigenvalue weighted by atomic mass is 19.1. The van der Waals surface area contributed by atoms with Crippen molar-refractivity contribution in [1.82, 2.24) is 0 Å². The normalized spacial score (nSPS) is 25.4. The third-order valence-corrected chi connectivity index (χ3v) is 1.87. The van der Waals surface area contributed by atoms with Gasteiger partial charge in [0.1, 0.15) is 6.17 Å². The molecule has 1 fully saturated rings. The molecule has 1 nitrogen and oxygen atoms in total. The average Bonchev–Trinajstić information content (AvgIpc) is 2.11. The van der Waals surface area contributed by atoms with Crippen LogP contribution in [0.25, 0.3) is 0 Å². The fraction of sp³-hybridized carbons (Fsp3) is 1.00. The molecule has 0 bridgehead atoms. The molecule has 2 atom stereocenters. The molecule has 0 aromatic heterocycles. The van der Waals surface area contributed by atoms with Crippen LogP contribution in [-0.2, 0) is 0 Å². The van der Waals surface area contributed by atoms with E-state index in [9.17, 15) is 4.39 Å². The van der Waals surface area contributed by atoms with Crippen molar-refractivity contribution in [3.63, 3.8) is 0 Å². The van der Waals surface area contributed by atoms with Crippen LogP contribution in [0.4, 0.5) is 4.39 Å². The fourth-order valence-electron chi connectivity index (χ4n) is 1.36. The van der Waals surface area contributed by atoms with Crippen molar-refractivity contribution in [3.8, 4) is 0 Å². The second kappa shape index (κ2) is 14.4. The Morgan fingerprint density at radius 2 is 1.46 bits per heavy atom. The van der Waals surface area contributed by atoms with Crippen LogP contribution in [0.1, 0.15) is 60.3 Å². The van der Waals surface area contributed by atoms with Crippen molar-refractivity contribution in [2.75, 3.05) is 0 Å². The molecule has 0 amide bonds. The highest BCUT2D eigenvalue weighted by molar-refractivity contribution is 4.68. The van der Waals surface area contributed by atoms with Crippen molar-refractivity contribution < 1.29 is 9.87 Å². The predicted octanol–water partition coefficient (Wildman–Crippen LogP) is 3.76. The summed E-state index contributed by atoms with van der Waals surface area (Å²) in [6.07, 6.45) is 3.46. The maximum atomic E-state index is 12.4. The number of hydrogen-bond donors (Lipinski definition) is 0. The van der Waals surface area contributed by atoms with E-state index in [0.717, 1.165) is 19.3 Å². The number of halogens is 1. The van der Waals surface area contributed by atoms with Crippen molar-refractivity contribution in [3.05, 3.63) is 0 Å². The first-order valence-electron chi connectivity index (χ1n) is 5.43. The lowest BCUT2D eigenvalue weighted by Crippen LogP contribution is -2.12. The minimum Gasteiger partial charge on any atom is -0.412 e. The Hall–Kier alpha value is -0.110. The molecule has 1 aliphatic carbocycles. The maximum absolute atomic E-state index is 12.4. The van der Waals surface area contributed by atoms with Crippen molar-refractivity contribution in [1.29, 1.82) is 0 Å². The molecule has 1 unspecified atom stereocenters. The summed E-state index contributed by atoms with van der Waals surface area (Å²) >= 11 is 0. The van der Waals surface area contributed by atoms with Crippen molar-refractivity contribution in [2.24, 2.45) is 5.92 Å². The van der Waals surface area contributed by atoms with E-state index in [1.807, 2.05) is 27.7 Å². The SMILES string of the molecule is CC.CC.C[C@@H]1CCCC(F)C1.O. The first-order valence-corrected chi connectivity index (χ1v) is 5.43. The van der Waals surface area contributed by atoms with E-state index in [0.29, 0.717) is 5.92 Å². The largest absolute Gasteiger partial charge is 0.412 e. The Morgan fingerprint density at radius 3 is 1.69 bits per heavy atom. The zero-order valence-electron chi connectivity index (χ0n) is 9.86. The Kier molecular flexibility index (Phi) is 20.7. The summed E-state index contributed by atoms with van der Waals surface area (Å²) in [7, 11) is 0. The Bertz CT molecular complexity index is 68.5. The van der Waals surface area contributed by atoms with E-state index in [-0.39, 0.29) is 5.48 Å². The first-order chi connectivity index (χ1) is 5.79. The highest BCUT2D eigenvalue weighted by Gasteiger charge is 2.16. The molecule has 1 aliphatic rings. The van der Waals surface area contributed by atoms with E-state index in [4.69, 9.17) is 0 Å².